The molecule has 0 aliphatic rings. The van der Waals surface area contributed by atoms with Gasteiger partial charge in [0.05, 0.1) is 17.2 Å². The molecule has 0 fully saturated rings. The van der Waals surface area contributed by atoms with E-state index in [9.17, 15) is 27.2 Å². The Hall–Kier alpha value is -5.00. The first-order valence-electron chi connectivity index (χ1n) is 12.0. The number of imidazole rings is 1. The van der Waals surface area contributed by atoms with Crippen molar-refractivity contribution in [3.05, 3.63) is 99.7 Å². The van der Waals surface area contributed by atoms with Crippen molar-refractivity contribution in [3.63, 3.8) is 0 Å². The number of carbonyl (C=O) groups excluding carboxylic acids is 1. The smallest absolute Gasteiger partial charge is 0.355 e. The van der Waals surface area contributed by atoms with Gasteiger partial charge in [-0.05, 0) is 73.5 Å². The van der Waals surface area contributed by atoms with Crippen LogP contribution in [0.2, 0.25) is 0 Å². The summed E-state index contributed by atoms with van der Waals surface area (Å²) >= 11 is 0. The Balaban J connectivity index is 1.46. The molecule has 0 saturated carbocycles. The van der Waals surface area contributed by atoms with Crippen LogP contribution in [0.25, 0.3) is 22.2 Å². The predicted molar refractivity (Wildman–Crippen MR) is 143 cm³/mol. The summed E-state index contributed by atoms with van der Waals surface area (Å²) in [5.41, 5.74) is 2.27. The summed E-state index contributed by atoms with van der Waals surface area (Å²) in [6.07, 6.45) is -3.40. The fraction of sp³-hybridized carbons (Fsp3) is 0.143. The zero-order chi connectivity index (χ0) is 28.8. The van der Waals surface area contributed by atoms with Gasteiger partial charge >= 0.3 is 6.18 Å². The summed E-state index contributed by atoms with van der Waals surface area (Å²) in [6.45, 7) is 3.29. The third-order valence-electron chi connectivity index (χ3n) is 6.32. The van der Waals surface area contributed by atoms with Crippen molar-refractivity contribution in [3.8, 4) is 11.3 Å². The average molecular weight is 551 g/mol. The van der Waals surface area contributed by atoms with Crippen LogP contribution < -0.4 is 16.2 Å². The number of hydrogen-bond acceptors (Lipinski definition) is 5. The summed E-state index contributed by atoms with van der Waals surface area (Å²) < 4.78 is 55.5. The van der Waals surface area contributed by atoms with Gasteiger partial charge in [0, 0.05) is 29.7 Å². The summed E-state index contributed by atoms with van der Waals surface area (Å²) in [5, 5.41) is 6.23. The number of rotatable bonds is 5. The van der Waals surface area contributed by atoms with E-state index in [-0.39, 0.29) is 22.4 Å². The zero-order valence-electron chi connectivity index (χ0n) is 21.4. The molecular formula is C28H22F4N6O2. The van der Waals surface area contributed by atoms with E-state index in [1.165, 1.54) is 30.0 Å². The molecule has 5 rings (SSSR count). The first kappa shape index (κ1) is 26.6. The van der Waals surface area contributed by atoms with E-state index in [0.717, 1.165) is 11.6 Å². The van der Waals surface area contributed by atoms with Crippen molar-refractivity contribution in [1.82, 2.24) is 19.5 Å². The van der Waals surface area contributed by atoms with Crippen molar-refractivity contribution in [2.24, 2.45) is 7.05 Å². The highest BCUT2D eigenvalue weighted by molar-refractivity contribution is 6.07. The van der Waals surface area contributed by atoms with Gasteiger partial charge in [-0.2, -0.15) is 13.2 Å². The van der Waals surface area contributed by atoms with Gasteiger partial charge in [-0.15, -0.1) is 0 Å². The molecule has 2 aromatic heterocycles. The average Bonchev–Trinajstić information content (AvgIpc) is 3.37. The predicted octanol–water partition coefficient (Wildman–Crippen LogP) is 6.09. The molecule has 0 atom stereocenters. The van der Waals surface area contributed by atoms with Crippen LogP contribution in [0.1, 0.15) is 27.4 Å². The van der Waals surface area contributed by atoms with Crippen LogP contribution in [-0.2, 0) is 13.2 Å². The van der Waals surface area contributed by atoms with E-state index in [1.807, 2.05) is 6.92 Å². The normalized spacial score (nSPS) is 11.6. The molecule has 2 heterocycles. The monoisotopic (exact) mass is 550 g/mol. The first-order valence-corrected chi connectivity index (χ1v) is 12.0. The lowest BCUT2D eigenvalue weighted by atomic mass is 10.1. The number of nitrogens with zero attached hydrogens (tertiary/aromatic N) is 3. The van der Waals surface area contributed by atoms with E-state index in [4.69, 9.17) is 0 Å². The minimum atomic E-state index is -4.83. The molecule has 0 aliphatic carbocycles. The fourth-order valence-corrected chi connectivity index (χ4v) is 4.15. The van der Waals surface area contributed by atoms with Crippen molar-refractivity contribution in [2.75, 3.05) is 10.6 Å². The fourth-order valence-electron chi connectivity index (χ4n) is 4.15. The number of aryl methyl sites for hydroxylation is 3. The number of halogens is 4. The van der Waals surface area contributed by atoms with Gasteiger partial charge in [-0.1, -0.05) is 6.07 Å². The van der Waals surface area contributed by atoms with Gasteiger partial charge in [0.2, 0.25) is 5.82 Å². The van der Waals surface area contributed by atoms with Gasteiger partial charge in [0.25, 0.3) is 11.5 Å². The van der Waals surface area contributed by atoms with Gasteiger partial charge in [-0.25, -0.2) is 14.4 Å². The number of H-pyrrole nitrogens is 1. The Morgan fingerprint density at radius 3 is 2.45 bits per heavy atom. The number of alkyl halides is 3. The number of aromatic nitrogens is 4. The largest absolute Gasteiger partial charge is 0.449 e. The standard InChI is InChI=1S/C28H22F4N6O2/c1-14-4-6-18(12-22(14)34-17-7-9-21-19(11-17)26(40)38(3)13-33-21)35-25(39)24-23(36-27(37-24)28(30,31)32)16-5-8-20(29)15(2)10-16/h4-13,34H,1-3H3,(H,35,39)(H,36,37). The summed E-state index contributed by atoms with van der Waals surface area (Å²) in [7, 11) is 1.60. The molecule has 204 valence electrons. The number of aromatic amines is 1. The molecule has 3 N–H and O–H groups in total. The Bertz CT molecular complexity index is 1840. The quantitative estimate of drug-likeness (QED) is 0.230. The highest BCUT2D eigenvalue weighted by Gasteiger charge is 2.37. The molecule has 0 unspecified atom stereocenters. The minimum absolute atomic E-state index is 0.152. The van der Waals surface area contributed by atoms with Gasteiger partial charge < -0.3 is 20.2 Å². The Kier molecular flexibility index (Phi) is 6.62. The highest BCUT2D eigenvalue weighted by atomic mass is 19.4. The van der Waals surface area contributed by atoms with E-state index >= 15 is 0 Å². The summed E-state index contributed by atoms with van der Waals surface area (Å²) in [6, 6.07) is 13.7. The Morgan fingerprint density at radius 2 is 1.73 bits per heavy atom. The number of hydrogen-bond donors (Lipinski definition) is 3. The third kappa shape index (κ3) is 5.15. The lowest BCUT2D eigenvalue weighted by Crippen LogP contribution is -2.16. The van der Waals surface area contributed by atoms with Crippen molar-refractivity contribution in [2.45, 2.75) is 20.0 Å². The maximum Gasteiger partial charge on any atom is 0.449 e. The van der Waals surface area contributed by atoms with E-state index in [1.54, 1.807) is 43.4 Å². The van der Waals surface area contributed by atoms with Crippen LogP contribution in [0.4, 0.5) is 34.6 Å². The van der Waals surface area contributed by atoms with Gasteiger partial charge in [0.1, 0.15) is 17.2 Å². The maximum absolute atomic E-state index is 13.8. The van der Waals surface area contributed by atoms with E-state index in [2.05, 4.69) is 25.6 Å². The molecule has 0 aliphatic heterocycles. The molecule has 40 heavy (non-hydrogen) atoms. The number of benzene rings is 3. The molecule has 12 heteroatoms. The topological polar surface area (TPSA) is 105 Å². The Morgan fingerprint density at radius 1 is 0.975 bits per heavy atom. The van der Waals surface area contributed by atoms with Crippen LogP contribution in [0, 0.1) is 19.7 Å². The van der Waals surface area contributed by atoms with Crippen molar-refractivity contribution < 1.29 is 22.4 Å². The number of anilines is 3. The molecule has 1 amide bonds. The number of fused-ring (bicyclic) bond motifs is 1. The third-order valence-corrected chi connectivity index (χ3v) is 6.32. The second-order valence-corrected chi connectivity index (χ2v) is 9.27. The molecule has 0 saturated heterocycles. The maximum atomic E-state index is 13.8. The minimum Gasteiger partial charge on any atom is -0.355 e. The molecular weight excluding hydrogens is 528 g/mol. The number of nitrogens with one attached hydrogen (secondary N) is 3. The highest BCUT2D eigenvalue weighted by Crippen LogP contribution is 2.32. The number of carbonyl (C=O) groups is 1. The number of amides is 1. The molecule has 5 aromatic rings. The second kappa shape index (κ2) is 9.95. The molecule has 3 aromatic carbocycles. The SMILES string of the molecule is Cc1cc(-c2nc(C(F)(F)F)[nH]c2C(=O)Nc2ccc(C)c(Nc3ccc4ncn(C)c(=O)c4c3)c2)ccc1F. The summed E-state index contributed by atoms with van der Waals surface area (Å²) in [5.74, 6) is -2.75. The zero-order valence-corrected chi connectivity index (χ0v) is 21.4. The van der Waals surface area contributed by atoms with Crippen molar-refractivity contribution >= 4 is 33.9 Å². The van der Waals surface area contributed by atoms with Crippen molar-refractivity contribution in [1.29, 1.82) is 0 Å². The van der Waals surface area contributed by atoms with Crippen LogP contribution in [0.15, 0.2) is 65.7 Å². The molecule has 0 radical (unpaired) electrons. The van der Waals surface area contributed by atoms with E-state index in [0.29, 0.717) is 28.0 Å². The Labute approximate surface area is 224 Å². The van der Waals surface area contributed by atoms with E-state index < -0.39 is 29.4 Å². The lowest BCUT2D eigenvalue weighted by molar-refractivity contribution is -0.144. The molecule has 8 nitrogen and oxygen atoms in total. The second-order valence-electron chi connectivity index (χ2n) is 9.27. The molecule has 0 spiro atoms. The van der Waals surface area contributed by atoms with Crippen LogP contribution in [-0.4, -0.2) is 25.4 Å². The van der Waals surface area contributed by atoms with Crippen LogP contribution in [0.5, 0.6) is 0 Å². The van der Waals surface area contributed by atoms with Gasteiger partial charge in [0.15, 0.2) is 0 Å². The van der Waals surface area contributed by atoms with Crippen LogP contribution in [0.3, 0.4) is 0 Å². The van der Waals surface area contributed by atoms with Crippen LogP contribution >= 0.6 is 0 Å². The van der Waals surface area contributed by atoms with Gasteiger partial charge in [-0.3, -0.25) is 9.59 Å². The lowest BCUT2D eigenvalue weighted by Gasteiger charge is -2.13. The summed E-state index contributed by atoms with van der Waals surface area (Å²) in [4.78, 5) is 35.6. The molecule has 0 bridgehead atoms. The first-order chi connectivity index (χ1) is 18.9.